The first-order valence-electron chi connectivity index (χ1n) is 7.72. The first-order valence-corrected chi connectivity index (χ1v) is 9.79. The molecule has 0 radical (unpaired) electrons. The largest absolute Gasteiger partial charge is 0.355 e. The lowest BCUT2D eigenvalue weighted by molar-refractivity contribution is -0.120. The Morgan fingerprint density at radius 3 is 2.79 bits per heavy atom. The van der Waals surface area contributed by atoms with E-state index in [-0.39, 0.29) is 11.2 Å². The summed E-state index contributed by atoms with van der Waals surface area (Å²) in [4.78, 5) is 11.9. The molecule has 2 N–H and O–H groups in total. The van der Waals surface area contributed by atoms with Crippen LogP contribution in [0, 0.1) is 13.8 Å². The molecule has 1 atom stereocenters. The average Bonchev–Trinajstić information content (AvgIpc) is 2.95. The van der Waals surface area contributed by atoms with Gasteiger partial charge in [0, 0.05) is 6.54 Å². The molecule has 8 heteroatoms. The van der Waals surface area contributed by atoms with Gasteiger partial charge in [-0.15, -0.1) is 10.2 Å². The molecule has 1 aromatic carbocycles. The molecule has 0 bridgehead atoms. The fraction of sp³-hybridized carbons (Fsp3) is 0.438. The third-order valence-corrected chi connectivity index (χ3v) is 5.59. The fourth-order valence-electron chi connectivity index (χ4n) is 2.09. The molecule has 1 amide bonds. The van der Waals surface area contributed by atoms with E-state index in [4.69, 9.17) is 11.6 Å². The number of carbonyl (C=O) groups is 1. The van der Waals surface area contributed by atoms with Crippen molar-refractivity contribution in [2.75, 3.05) is 11.9 Å². The molecule has 0 saturated carbocycles. The lowest BCUT2D eigenvalue weighted by Gasteiger charge is -2.10. The summed E-state index contributed by atoms with van der Waals surface area (Å²) in [6, 6.07) is 3.97. The second-order valence-corrected chi connectivity index (χ2v) is 8.46. The van der Waals surface area contributed by atoms with E-state index in [1.807, 2.05) is 33.8 Å². The number of nitrogens with one attached hydrogen (secondary N) is 2. The van der Waals surface area contributed by atoms with Crippen molar-refractivity contribution in [2.45, 2.75) is 43.7 Å². The fourth-order valence-corrected chi connectivity index (χ4v) is 4.38. The Bertz CT molecular complexity index is 697. The second-order valence-electron chi connectivity index (χ2n) is 5.49. The summed E-state index contributed by atoms with van der Waals surface area (Å²) in [6.07, 6.45) is 0.923. The van der Waals surface area contributed by atoms with Crippen molar-refractivity contribution >= 4 is 51.4 Å². The number of thioether (sulfide) groups is 1. The van der Waals surface area contributed by atoms with Crippen molar-refractivity contribution in [3.63, 3.8) is 0 Å². The standard InChI is InChI=1S/C16H21ClN4OS2/c1-5-6-18-14(22)11(4)23-16-21-20-15(24-16)19-13-10(3)7-9(2)8-12(13)17/h7-8,11H,5-6H2,1-4H3,(H,18,22)(H,19,20). The Kier molecular flexibility index (Phi) is 6.89. The van der Waals surface area contributed by atoms with Crippen LogP contribution in [0.1, 0.15) is 31.4 Å². The number of aryl methyl sites for hydroxylation is 2. The zero-order valence-electron chi connectivity index (χ0n) is 14.1. The van der Waals surface area contributed by atoms with Gasteiger partial charge >= 0.3 is 0 Å². The molecule has 1 unspecified atom stereocenters. The van der Waals surface area contributed by atoms with Crippen molar-refractivity contribution in [3.8, 4) is 0 Å². The number of rotatable bonds is 7. The van der Waals surface area contributed by atoms with E-state index in [0.717, 1.165) is 27.6 Å². The van der Waals surface area contributed by atoms with E-state index in [1.54, 1.807) is 0 Å². The van der Waals surface area contributed by atoms with E-state index >= 15 is 0 Å². The van der Waals surface area contributed by atoms with Gasteiger partial charge < -0.3 is 10.6 Å². The third-order valence-electron chi connectivity index (χ3n) is 3.27. The maximum absolute atomic E-state index is 11.9. The molecular formula is C16H21ClN4OS2. The number of halogens is 1. The molecule has 24 heavy (non-hydrogen) atoms. The van der Waals surface area contributed by atoms with Gasteiger partial charge in [-0.05, 0) is 44.4 Å². The molecule has 130 valence electrons. The zero-order chi connectivity index (χ0) is 17.7. The molecule has 2 rings (SSSR count). The molecular weight excluding hydrogens is 364 g/mol. The summed E-state index contributed by atoms with van der Waals surface area (Å²) in [7, 11) is 0. The maximum atomic E-state index is 11.9. The molecule has 0 fully saturated rings. The van der Waals surface area contributed by atoms with E-state index in [2.05, 4.69) is 26.9 Å². The van der Waals surface area contributed by atoms with Crippen LogP contribution in [0.4, 0.5) is 10.8 Å². The highest BCUT2D eigenvalue weighted by Crippen LogP contribution is 2.34. The topological polar surface area (TPSA) is 66.9 Å². The van der Waals surface area contributed by atoms with Gasteiger partial charge in [-0.2, -0.15) is 0 Å². The minimum atomic E-state index is -0.206. The van der Waals surface area contributed by atoms with Gasteiger partial charge in [0.1, 0.15) is 0 Å². The van der Waals surface area contributed by atoms with Gasteiger partial charge in [0.2, 0.25) is 11.0 Å². The number of amides is 1. The summed E-state index contributed by atoms with van der Waals surface area (Å²) in [6.45, 7) is 8.59. The van der Waals surface area contributed by atoms with Crippen LogP contribution in [0.5, 0.6) is 0 Å². The van der Waals surface area contributed by atoms with Gasteiger partial charge in [-0.25, -0.2) is 0 Å². The second kappa shape index (κ2) is 8.69. The smallest absolute Gasteiger partial charge is 0.233 e. The summed E-state index contributed by atoms with van der Waals surface area (Å²) in [5.74, 6) is 0.0176. The molecule has 0 saturated heterocycles. The van der Waals surface area contributed by atoms with E-state index in [9.17, 15) is 4.79 Å². The lowest BCUT2D eigenvalue weighted by atomic mass is 10.1. The predicted molar refractivity (Wildman–Crippen MR) is 103 cm³/mol. The maximum Gasteiger partial charge on any atom is 0.233 e. The minimum Gasteiger partial charge on any atom is -0.355 e. The monoisotopic (exact) mass is 384 g/mol. The average molecular weight is 385 g/mol. The van der Waals surface area contributed by atoms with Crippen LogP contribution in [0.2, 0.25) is 5.02 Å². The van der Waals surface area contributed by atoms with E-state index in [0.29, 0.717) is 16.7 Å². The minimum absolute atomic E-state index is 0.0176. The normalized spacial score (nSPS) is 12.0. The summed E-state index contributed by atoms with van der Waals surface area (Å²) in [5, 5.41) is 15.5. The molecule has 2 aromatic rings. The predicted octanol–water partition coefficient (Wildman–Crippen LogP) is 4.56. The molecule has 0 spiro atoms. The molecule has 5 nitrogen and oxygen atoms in total. The van der Waals surface area contributed by atoms with Gasteiger partial charge in [0.05, 0.1) is 16.0 Å². The summed E-state index contributed by atoms with van der Waals surface area (Å²) < 4.78 is 0.748. The highest BCUT2D eigenvalue weighted by Gasteiger charge is 2.17. The number of hydrogen-bond acceptors (Lipinski definition) is 6. The van der Waals surface area contributed by atoms with Crippen LogP contribution in [-0.4, -0.2) is 27.9 Å². The van der Waals surface area contributed by atoms with Crippen LogP contribution >= 0.6 is 34.7 Å². The number of aromatic nitrogens is 2. The number of benzene rings is 1. The number of nitrogens with zero attached hydrogens (tertiary/aromatic N) is 2. The van der Waals surface area contributed by atoms with Crippen molar-refractivity contribution in [1.29, 1.82) is 0 Å². The first-order chi connectivity index (χ1) is 11.4. The SMILES string of the molecule is CCCNC(=O)C(C)Sc1nnc(Nc2c(C)cc(C)cc2Cl)s1. The summed E-state index contributed by atoms with van der Waals surface area (Å²) >= 11 is 9.12. The Hall–Kier alpha value is -1.31. The Morgan fingerprint density at radius 1 is 1.38 bits per heavy atom. The van der Waals surface area contributed by atoms with Crippen molar-refractivity contribution in [1.82, 2.24) is 15.5 Å². The number of carbonyl (C=O) groups excluding carboxylic acids is 1. The van der Waals surface area contributed by atoms with Crippen LogP contribution < -0.4 is 10.6 Å². The third kappa shape index (κ3) is 5.09. The Morgan fingerprint density at radius 2 is 2.12 bits per heavy atom. The summed E-state index contributed by atoms with van der Waals surface area (Å²) in [5.41, 5.74) is 3.00. The van der Waals surface area contributed by atoms with E-state index < -0.39 is 0 Å². The molecule has 0 aliphatic carbocycles. The van der Waals surface area contributed by atoms with Crippen LogP contribution in [-0.2, 0) is 4.79 Å². The van der Waals surface area contributed by atoms with Gasteiger partial charge in [-0.1, -0.05) is 47.7 Å². The number of anilines is 2. The molecule has 1 aromatic heterocycles. The lowest BCUT2D eigenvalue weighted by Crippen LogP contribution is -2.31. The zero-order valence-corrected chi connectivity index (χ0v) is 16.5. The highest BCUT2D eigenvalue weighted by molar-refractivity contribution is 8.02. The highest BCUT2D eigenvalue weighted by atomic mass is 35.5. The van der Waals surface area contributed by atoms with Gasteiger partial charge in [0.25, 0.3) is 0 Å². The quantitative estimate of drug-likeness (QED) is 0.685. The van der Waals surface area contributed by atoms with Crippen molar-refractivity contribution < 1.29 is 4.79 Å². The van der Waals surface area contributed by atoms with Crippen LogP contribution in [0.25, 0.3) is 0 Å². The molecule has 0 aliphatic heterocycles. The molecule has 1 heterocycles. The van der Waals surface area contributed by atoms with Crippen molar-refractivity contribution in [3.05, 3.63) is 28.3 Å². The Balaban J connectivity index is 2.02. The van der Waals surface area contributed by atoms with Gasteiger partial charge in [0.15, 0.2) is 4.34 Å². The molecule has 0 aliphatic rings. The van der Waals surface area contributed by atoms with E-state index in [1.165, 1.54) is 23.1 Å². The van der Waals surface area contributed by atoms with Crippen LogP contribution in [0.15, 0.2) is 16.5 Å². The Labute approximate surface area is 155 Å². The van der Waals surface area contributed by atoms with Gasteiger partial charge in [-0.3, -0.25) is 4.79 Å². The van der Waals surface area contributed by atoms with Crippen LogP contribution in [0.3, 0.4) is 0 Å². The number of hydrogen-bond donors (Lipinski definition) is 2. The van der Waals surface area contributed by atoms with Crippen molar-refractivity contribution in [2.24, 2.45) is 0 Å². The first kappa shape index (κ1) is 19.0.